The Kier molecular flexibility index (Phi) is 15.0. The summed E-state index contributed by atoms with van der Waals surface area (Å²) in [5.41, 5.74) is 7.18. The van der Waals surface area contributed by atoms with Crippen molar-refractivity contribution in [3.8, 4) is 11.5 Å². The molecule has 0 spiro atoms. The number of amides is 1. The molecule has 0 unspecified atom stereocenters. The average Bonchev–Trinajstić information content (AvgIpc) is 3.00. The molecule has 0 fully saturated rings. The summed E-state index contributed by atoms with van der Waals surface area (Å²) in [4.78, 5) is 39.9. The van der Waals surface area contributed by atoms with Crippen molar-refractivity contribution in [1.82, 2.24) is 4.90 Å². The molecule has 0 aliphatic rings. The van der Waals surface area contributed by atoms with Gasteiger partial charge < -0.3 is 24.8 Å². The van der Waals surface area contributed by atoms with E-state index in [0.29, 0.717) is 29.2 Å². The number of nitrogen functional groups attached to an aromatic ring is 1. The monoisotopic (exact) mass is 604 g/mol. The van der Waals surface area contributed by atoms with E-state index in [1.165, 1.54) is 24.2 Å². The van der Waals surface area contributed by atoms with Crippen molar-refractivity contribution >= 4 is 23.5 Å². The molecule has 2 N–H and O–H groups in total. The second kappa shape index (κ2) is 18.4. The fourth-order valence-corrected chi connectivity index (χ4v) is 4.17. The molecule has 1 amide bonds. The maximum Gasteiger partial charge on any atom is 0.343 e. The quantitative estimate of drug-likeness (QED) is 0.0864. The first-order chi connectivity index (χ1) is 21.0. The Bertz CT molecular complexity index is 1300. The van der Waals surface area contributed by atoms with Crippen LogP contribution < -0.4 is 15.2 Å². The molecule has 0 saturated heterocycles. The normalized spacial score (nSPS) is 10.7. The molecule has 3 rings (SSSR count). The van der Waals surface area contributed by atoms with Gasteiger partial charge in [-0.2, -0.15) is 0 Å². The number of benzene rings is 3. The van der Waals surface area contributed by atoms with E-state index >= 15 is 0 Å². The summed E-state index contributed by atoms with van der Waals surface area (Å²) in [6.45, 7) is 12.1. The van der Waals surface area contributed by atoms with E-state index in [2.05, 4.69) is 6.92 Å². The summed E-state index contributed by atoms with van der Waals surface area (Å²) in [6.07, 6.45) is 5.84. The number of carbonyl (C=O) groups excluding carboxylic acids is 3. The first kappa shape index (κ1) is 35.9. The summed E-state index contributed by atoms with van der Waals surface area (Å²) in [5.74, 6) is -0.255. The second-order valence-corrected chi connectivity index (χ2v) is 11.2. The molecule has 0 radical (unpaired) electrons. The minimum atomic E-state index is -0.681. The van der Waals surface area contributed by atoms with Gasteiger partial charge in [0.15, 0.2) is 0 Å². The van der Waals surface area contributed by atoms with Crippen LogP contribution in [0.25, 0.3) is 0 Å². The lowest BCUT2D eigenvalue weighted by atomic mass is 10.1. The van der Waals surface area contributed by atoms with Crippen molar-refractivity contribution in [3.63, 3.8) is 0 Å². The predicted molar refractivity (Wildman–Crippen MR) is 175 cm³/mol. The zero-order valence-electron chi connectivity index (χ0n) is 27.1. The van der Waals surface area contributed by atoms with E-state index in [-0.39, 0.29) is 19.0 Å². The number of unbranched alkanes of at least 4 members (excludes halogenated alkanes) is 4. The number of ether oxygens (including phenoxy) is 3. The van der Waals surface area contributed by atoms with Crippen LogP contribution >= 0.6 is 0 Å². The van der Waals surface area contributed by atoms with Gasteiger partial charge in [-0.05, 0) is 93.4 Å². The molecule has 8 heteroatoms. The zero-order chi connectivity index (χ0) is 32.5. The smallest absolute Gasteiger partial charge is 0.343 e. The van der Waals surface area contributed by atoms with Crippen LogP contribution in [0.5, 0.6) is 11.5 Å². The van der Waals surface area contributed by atoms with E-state index in [1.54, 1.807) is 93.6 Å². The number of esters is 2. The van der Waals surface area contributed by atoms with Crippen LogP contribution in [0.15, 0.2) is 72.8 Å². The number of rotatable bonds is 14. The van der Waals surface area contributed by atoms with Crippen LogP contribution in [-0.2, 0) is 16.1 Å². The molecule has 3 aromatic carbocycles. The van der Waals surface area contributed by atoms with Crippen molar-refractivity contribution in [3.05, 3.63) is 89.5 Å². The third-order valence-corrected chi connectivity index (χ3v) is 6.30. The van der Waals surface area contributed by atoms with E-state index in [1.807, 2.05) is 13.8 Å². The minimum Gasteiger partial charge on any atom is -0.494 e. The number of hydrogen-bond donors (Lipinski definition) is 1. The lowest BCUT2D eigenvalue weighted by molar-refractivity contribution is -0.155. The van der Waals surface area contributed by atoms with Crippen molar-refractivity contribution in [2.75, 3.05) is 18.9 Å². The van der Waals surface area contributed by atoms with E-state index in [9.17, 15) is 14.4 Å². The Morgan fingerprint density at radius 3 is 1.91 bits per heavy atom. The number of carbonyl (C=O) groups is 3. The minimum absolute atomic E-state index is 0.150. The van der Waals surface area contributed by atoms with Gasteiger partial charge in [0, 0.05) is 17.8 Å². The van der Waals surface area contributed by atoms with E-state index < -0.39 is 17.5 Å². The standard InChI is InChI=1S/C34H42N2O6.C2H6/c1-5-6-7-8-9-22-40-29-20-14-27(15-21-29)33(39)41-30-18-10-25(11-19-30)23-36(24-31(37)42-34(2,3)4)32(38)26-12-16-28(35)17-13-26;1-2/h10-21H,5-9,22-24,35H2,1-4H3;1-2H3. The van der Waals surface area contributed by atoms with E-state index in [4.69, 9.17) is 19.9 Å². The Balaban J connectivity index is 0.00000330. The van der Waals surface area contributed by atoms with Crippen molar-refractivity contribution in [2.45, 2.75) is 85.8 Å². The molecule has 3 aromatic rings. The van der Waals surface area contributed by atoms with Crippen LogP contribution in [0.2, 0.25) is 0 Å². The van der Waals surface area contributed by atoms with Crippen molar-refractivity contribution < 1.29 is 28.6 Å². The maximum absolute atomic E-state index is 13.3. The molecule has 0 saturated carbocycles. The van der Waals surface area contributed by atoms with Crippen molar-refractivity contribution in [2.24, 2.45) is 0 Å². The fourth-order valence-electron chi connectivity index (χ4n) is 4.17. The largest absolute Gasteiger partial charge is 0.494 e. The van der Waals surface area contributed by atoms with Crippen LogP contribution in [-0.4, -0.2) is 41.5 Å². The summed E-state index contributed by atoms with van der Waals surface area (Å²) in [7, 11) is 0. The fraction of sp³-hybridized carbons (Fsp3) is 0.417. The maximum atomic E-state index is 13.3. The average molecular weight is 605 g/mol. The number of nitrogens with two attached hydrogens (primary N) is 1. The number of hydrogen-bond acceptors (Lipinski definition) is 7. The van der Waals surface area contributed by atoms with Gasteiger partial charge >= 0.3 is 11.9 Å². The molecular formula is C36H48N2O6. The summed E-state index contributed by atoms with van der Waals surface area (Å²) < 4.78 is 16.7. The Morgan fingerprint density at radius 1 is 0.750 bits per heavy atom. The third kappa shape index (κ3) is 12.9. The first-order valence-corrected chi connectivity index (χ1v) is 15.4. The molecule has 0 aromatic heterocycles. The van der Waals surface area contributed by atoms with Crippen molar-refractivity contribution in [1.29, 1.82) is 0 Å². The molecule has 0 aliphatic carbocycles. The van der Waals surface area contributed by atoms with Gasteiger partial charge in [-0.1, -0.05) is 58.6 Å². The topological polar surface area (TPSA) is 108 Å². The zero-order valence-corrected chi connectivity index (χ0v) is 27.1. The van der Waals surface area contributed by atoms with Crippen LogP contribution in [0.4, 0.5) is 5.69 Å². The molecular weight excluding hydrogens is 556 g/mol. The van der Waals surface area contributed by atoms with Gasteiger partial charge in [-0.25, -0.2) is 4.79 Å². The summed E-state index contributed by atoms with van der Waals surface area (Å²) in [6, 6.07) is 20.2. The Morgan fingerprint density at radius 2 is 1.32 bits per heavy atom. The van der Waals surface area contributed by atoms with Gasteiger partial charge in [0.05, 0.1) is 12.2 Å². The molecule has 0 bridgehead atoms. The lowest BCUT2D eigenvalue weighted by Crippen LogP contribution is -2.38. The second-order valence-electron chi connectivity index (χ2n) is 11.2. The van der Waals surface area contributed by atoms with Crippen LogP contribution in [0.1, 0.15) is 99.9 Å². The molecule has 44 heavy (non-hydrogen) atoms. The summed E-state index contributed by atoms with van der Waals surface area (Å²) >= 11 is 0. The first-order valence-electron chi connectivity index (χ1n) is 15.4. The molecule has 0 aliphatic heterocycles. The number of nitrogens with zero attached hydrogens (tertiary/aromatic N) is 1. The molecule has 8 nitrogen and oxygen atoms in total. The van der Waals surface area contributed by atoms with Gasteiger partial charge in [-0.15, -0.1) is 0 Å². The SMILES string of the molecule is CC.CCCCCCCOc1ccc(C(=O)Oc2ccc(CN(CC(=O)OC(C)(C)C)C(=O)c3ccc(N)cc3)cc2)cc1. The Labute approximate surface area is 262 Å². The number of anilines is 1. The highest BCUT2D eigenvalue weighted by Gasteiger charge is 2.23. The van der Waals surface area contributed by atoms with Gasteiger partial charge in [-0.3, -0.25) is 9.59 Å². The lowest BCUT2D eigenvalue weighted by Gasteiger charge is -2.25. The summed E-state index contributed by atoms with van der Waals surface area (Å²) in [5, 5.41) is 0. The predicted octanol–water partition coefficient (Wildman–Crippen LogP) is 7.85. The van der Waals surface area contributed by atoms with Crippen LogP contribution in [0, 0.1) is 0 Å². The Hall–Kier alpha value is -4.33. The van der Waals surface area contributed by atoms with Gasteiger partial charge in [0.25, 0.3) is 5.91 Å². The van der Waals surface area contributed by atoms with E-state index in [0.717, 1.165) is 24.2 Å². The van der Waals surface area contributed by atoms with Crippen LogP contribution in [0.3, 0.4) is 0 Å². The highest BCUT2D eigenvalue weighted by molar-refractivity contribution is 5.96. The highest BCUT2D eigenvalue weighted by Crippen LogP contribution is 2.19. The van der Waals surface area contributed by atoms with Gasteiger partial charge in [0.1, 0.15) is 23.6 Å². The molecule has 238 valence electrons. The highest BCUT2D eigenvalue weighted by atomic mass is 16.6. The molecule has 0 atom stereocenters. The van der Waals surface area contributed by atoms with Gasteiger partial charge in [0.2, 0.25) is 0 Å². The third-order valence-electron chi connectivity index (χ3n) is 6.30. The molecule has 0 heterocycles.